The highest BCUT2D eigenvalue weighted by Crippen LogP contribution is 2.39. The van der Waals surface area contributed by atoms with E-state index in [4.69, 9.17) is 5.11 Å². The standard InChI is InChI=1S/C22H19FN2O3/c23-18-5-3-4-17-21(18)19(10-11-20(26)27)25(22(17)28)14-15-6-8-16(9-7-15)24-12-1-2-13-24/h1-9,12-13,19H,10-11,14H2,(H,26,27). The third-order valence-corrected chi connectivity index (χ3v) is 5.08. The minimum Gasteiger partial charge on any atom is -0.481 e. The summed E-state index contributed by atoms with van der Waals surface area (Å²) in [6.07, 6.45) is 3.94. The Morgan fingerprint density at radius 2 is 1.75 bits per heavy atom. The molecule has 1 amide bonds. The van der Waals surface area contributed by atoms with Crippen LogP contribution in [0.5, 0.6) is 0 Å². The average Bonchev–Trinajstić information content (AvgIpc) is 3.30. The van der Waals surface area contributed by atoms with Crippen LogP contribution in [0.4, 0.5) is 4.39 Å². The zero-order valence-electron chi connectivity index (χ0n) is 15.1. The number of amides is 1. The minimum atomic E-state index is -0.965. The molecule has 1 aliphatic heterocycles. The van der Waals surface area contributed by atoms with Gasteiger partial charge in [0.05, 0.1) is 6.04 Å². The summed E-state index contributed by atoms with van der Waals surface area (Å²) in [6, 6.07) is 15.5. The number of nitrogens with zero attached hydrogens (tertiary/aromatic N) is 2. The first-order valence-corrected chi connectivity index (χ1v) is 9.08. The molecule has 28 heavy (non-hydrogen) atoms. The summed E-state index contributed by atoms with van der Waals surface area (Å²) in [5.41, 5.74) is 2.52. The maximum atomic E-state index is 14.4. The van der Waals surface area contributed by atoms with E-state index in [2.05, 4.69) is 0 Å². The van der Waals surface area contributed by atoms with Gasteiger partial charge in [-0.3, -0.25) is 9.59 Å². The molecule has 0 spiro atoms. The molecule has 0 radical (unpaired) electrons. The predicted molar refractivity (Wildman–Crippen MR) is 102 cm³/mol. The van der Waals surface area contributed by atoms with Crippen molar-refractivity contribution < 1.29 is 19.1 Å². The minimum absolute atomic E-state index is 0.130. The van der Waals surface area contributed by atoms with Crippen molar-refractivity contribution in [1.82, 2.24) is 9.47 Å². The van der Waals surface area contributed by atoms with Gasteiger partial charge in [0.1, 0.15) is 5.82 Å². The zero-order valence-corrected chi connectivity index (χ0v) is 15.1. The lowest BCUT2D eigenvalue weighted by molar-refractivity contribution is -0.137. The van der Waals surface area contributed by atoms with E-state index in [-0.39, 0.29) is 18.7 Å². The normalized spacial score (nSPS) is 15.7. The Kier molecular flexibility index (Phi) is 4.69. The fourth-order valence-electron chi connectivity index (χ4n) is 3.73. The number of halogens is 1. The highest BCUT2D eigenvalue weighted by molar-refractivity contribution is 5.99. The smallest absolute Gasteiger partial charge is 0.303 e. The second-order valence-electron chi connectivity index (χ2n) is 6.84. The van der Waals surface area contributed by atoms with Crippen molar-refractivity contribution in [2.75, 3.05) is 0 Å². The Labute approximate surface area is 161 Å². The largest absolute Gasteiger partial charge is 0.481 e. The van der Waals surface area contributed by atoms with Gasteiger partial charge < -0.3 is 14.6 Å². The van der Waals surface area contributed by atoms with Gasteiger partial charge >= 0.3 is 5.97 Å². The lowest BCUT2D eigenvalue weighted by Crippen LogP contribution is -2.28. The van der Waals surface area contributed by atoms with Gasteiger partial charge in [-0.1, -0.05) is 18.2 Å². The van der Waals surface area contributed by atoms with Crippen LogP contribution in [-0.2, 0) is 11.3 Å². The molecule has 0 saturated carbocycles. The molecule has 5 nitrogen and oxygen atoms in total. The van der Waals surface area contributed by atoms with E-state index in [1.807, 2.05) is 53.4 Å². The predicted octanol–water partition coefficient (Wildman–Crippen LogP) is 4.18. The zero-order chi connectivity index (χ0) is 19.7. The maximum absolute atomic E-state index is 14.4. The van der Waals surface area contributed by atoms with Crippen LogP contribution in [0.15, 0.2) is 67.0 Å². The highest BCUT2D eigenvalue weighted by Gasteiger charge is 2.38. The molecule has 0 fully saturated rings. The number of carboxylic acid groups (broad SMARTS) is 1. The first kappa shape index (κ1) is 18.0. The molecule has 142 valence electrons. The molecule has 3 aromatic rings. The van der Waals surface area contributed by atoms with E-state index < -0.39 is 17.8 Å². The quantitative estimate of drug-likeness (QED) is 0.700. The van der Waals surface area contributed by atoms with E-state index in [9.17, 15) is 14.0 Å². The molecule has 4 rings (SSSR count). The fraction of sp³-hybridized carbons (Fsp3) is 0.182. The molecule has 2 aromatic carbocycles. The number of hydrogen-bond donors (Lipinski definition) is 1. The summed E-state index contributed by atoms with van der Waals surface area (Å²) in [5.74, 6) is -1.70. The number of fused-ring (bicyclic) bond motifs is 1. The van der Waals surface area contributed by atoms with Crippen LogP contribution in [0.3, 0.4) is 0 Å². The van der Waals surface area contributed by atoms with Crippen LogP contribution in [-0.4, -0.2) is 26.5 Å². The van der Waals surface area contributed by atoms with E-state index in [1.165, 1.54) is 12.1 Å². The number of aliphatic carboxylic acids is 1. The lowest BCUT2D eigenvalue weighted by atomic mass is 10.00. The van der Waals surface area contributed by atoms with Gasteiger partial charge in [0, 0.05) is 42.2 Å². The van der Waals surface area contributed by atoms with Crippen molar-refractivity contribution >= 4 is 11.9 Å². The van der Waals surface area contributed by atoms with Crippen LogP contribution in [0, 0.1) is 5.82 Å². The van der Waals surface area contributed by atoms with Crippen molar-refractivity contribution in [3.8, 4) is 5.69 Å². The maximum Gasteiger partial charge on any atom is 0.303 e. The highest BCUT2D eigenvalue weighted by atomic mass is 19.1. The summed E-state index contributed by atoms with van der Waals surface area (Å²) in [4.78, 5) is 25.5. The Balaban J connectivity index is 1.61. The fourth-order valence-corrected chi connectivity index (χ4v) is 3.73. The summed E-state index contributed by atoms with van der Waals surface area (Å²) in [7, 11) is 0. The van der Waals surface area contributed by atoms with Crippen molar-refractivity contribution in [3.63, 3.8) is 0 Å². The average molecular weight is 378 g/mol. The number of carboxylic acids is 1. The van der Waals surface area contributed by atoms with Crippen molar-refractivity contribution in [2.24, 2.45) is 0 Å². The molecular formula is C22H19FN2O3. The van der Waals surface area contributed by atoms with Gasteiger partial charge in [-0.15, -0.1) is 0 Å². The number of rotatable bonds is 6. The molecule has 1 atom stereocenters. The van der Waals surface area contributed by atoms with Gasteiger partial charge in [0.25, 0.3) is 5.91 Å². The second kappa shape index (κ2) is 7.31. The summed E-state index contributed by atoms with van der Waals surface area (Å²) in [6.45, 7) is 0.295. The molecule has 1 unspecified atom stereocenters. The van der Waals surface area contributed by atoms with Crippen LogP contribution in [0.25, 0.3) is 5.69 Å². The number of benzene rings is 2. The number of aromatic nitrogens is 1. The number of hydrogen-bond acceptors (Lipinski definition) is 2. The van der Waals surface area contributed by atoms with Gasteiger partial charge in [0.2, 0.25) is 0 Å². The van der Waals surface area contributed by atoms with Crippen molar-refractivity contribution in [1.29, 1.82) is 0 Å². The summed E-state index contributed by atoms with van der Waals surface area (Å²) >= 11 is 0. The summed E-state index contributed by atoms with van der Waals surface area (Å²) < 4.78 is 16.4. The monoisotopic (exact) mass is 378 g/mol. The third kappa shape index (κ3) is 3.29. The molecule has 2 heterocycles. The Morgan fingerprint density at radius 3 is 2.43 bits per heavy atom. The number of carbonyl (C=O) groups excluding carboxylic acids is 1. The molecule has 1 aliphatic rings. The molecule has 0 saturated heterocycles. The Hall–Kier alpha value is -3.41. The second-order valence-corrected chi connectivity index (χ2v) is 6.84. The van der Waals surface area contributed by atoms with Crippen LogP contribution in [0.2, 0.25) is 0 Å². The van der Waals surface area contributed by atoms with E-state index in [0.29, 0.717) is 17.7 Å². The molecule has 0 aliphatic carbocycles. The topological polar surface area (TPSA) is 62.5 Å². The lowest BCUT2D eigenvalue weighted by Gasteiger charge is -2.25. The van der Waals surface area contributed by atoms with Gasteiger partial charge in [-0.2, -0.15) is 0 Å². The van der Waals surface area contributed by atoms with E-state index >= 15 is 0 Å². The van der Waals surface area contributed by atoms with Crippen molar-refractivity contribution in [2.45, 2.75) is 25.4 Å². The molecular weight excluding hydrogens is 359 g/mol. The first-order valence-electron chi connectivity index (χ1n) is 9.08. The Morgan fingerprint density at radius 1 is 1.04 bits per heavy atom. The van der Waals surface area contributed by atoms with Gasteiger partial charge in [-0.25, -0.2) is 4.39 Å². The van der Waals surface area contributed by atoms with E-state index in [1.54, 1.807) is 11.0 Å². The number of carbonyl (C=O) groups is 2. The van der Waals surface area contributed by atoms with Crippen LogP contribution in [0.1, 0.15) is 40.4 Å². The van der Waals surface area contributed by atoms with Gasteiger partial charge in [-0.05, 0) is 48.4 Å². The molecule has 1 aromatic heterocycles. The van der Waals surface area contributed by atoms with Crippen LogP contribution >= 0.6 is 0 Å². The molecule has 1 N–H and O–H groups in total. The first-order chi connectivity index (χ1) is 13.5. The molecule has 6 heteroatoms. The third-order valence-electron chi connectivity index (χ3n) is 5.08. The van der Waals surface area contributed by atoms with E-state index in [0.717, 1.165) is 11.3 Å². The Bertz CT molecular complexity index is 1010. The molecule has 0 bridgehead atoms. The summed E-state index contributed by atoms with van der Waals surface area (Å²) in [5, 5.41) is 9.05. The van der Waals surface area contributed by atoms with Gasteiger partial charge in [0.15, 0.2) is 0 Å². The van der Waals surface area contributed by atoms with Crippen molar-refractivity contribution in [3.05, 3.63) is 89.5 Å². The SMILES string of the molecule is O=C(O)CCC1c2c(F)cccc2C(=O)N1Cc1ccc(-n2cccc2)cc1. The van der Waals surface area contributed by atoms with Crippen LogP contribution < -0.4 is 0 Å².